The van der Waals surface area contributed by atoms with E-state index in [9.17, 15) is 4.39 Å². The molecule has 1 aliphatic rings. The zero-order chi connectivity index (χ0) is 15.5. The number of hydrogen-bond donors (Lipinski definition) is 1. The van der Waals surface area contributed by atoms with Gasteiger partial charge in [0.1, 0.15) is 19.0 Å². The molecule has 2 aromatic carbocycles. The molecule has 0 aromatic heterocycles. The Labute approximate surface area is 130 Å². The molecule has 4 heteroatoms. The second-order valence-corrected chi connectivity index (χ2v) is 5.59. The summed E-state index contributed by atoms with van der Waals surface area (Å²) in [6.45, 7) is 5.65. The van der Waals surface area contributed by atoms with Gasteiger partial charge in [0.25, 0.3) is 0 Å². The Morgan fingerprint density at radius 3 is 2.64 bits per heavy atom. The molecule has 1 aliphatic heterocycles. The Kier molecular flexibility index (Phi) is 4.29. The average molecular weight is 301 g/mol. The molecule has 0 bridgehead atoms. The normalized spacial score (nSPS) is 14.7. The molecule has 1 N–H and O–H groups in total. The second kappa shape index (κ2) is 6.36. The van der Waals surface area contributed by atoms with Crippen LogP contribution in [0.2, 0.25) is 0 Å². The van der Waals surface area contributed by atoms with E-state index in [0.717, 1.165) is 22.6 Å². The fourth-order valence-electron chi connectivity index (χ4n) is 2.46. The SMILES string of the molecule is Cc1ccc(CNC(C)c2ccc3c(c2)OCCO3)cc1F. The van der Waals surface area contributed by atoms with Crippen LogP contribution in [0.15, 0.2) is 36.4 Å². The summed E-state index contributed by atoms with van der Waals surface area (Å²) >= 11 is 0. The zero-order valence-corrected chi connectivity index (χ0v) is 12.9. The van der Waals surface area contributed by atoms with Gasteiger partial charge in [-0.25, -0.2) is 4.39 Å². The quantitative estimate of drug-likeness (QED) is 0.933. The van der Waals surface area contributed by atoms with Crippen LogP contribution in [0, 0.1) is 12.7 Å². The molecule has 3 rings (SSSR count). The van der Waals surface area contributed by atoms with E-state index in [2.05, 4.69) is 12.2 Å². The molecule has 0 radical (unpaired) electrons. The lowest BCUT2D eigenvalue weighted by atomic mass is 10.1. The molecule has 0 spiro atoms. The third-order valence-electron chi connectivity index (χ3n) is 3.91. The number of benzene rings is 2. The number of fused-ring (bicyclic) bond motifs is 1. The van der Waals surface area contributed by atoms with Crippen molar-refractivity contribution in [2.75, 3.05) is 13.2 Å². The van der Waals surface area contributed by atoms with Gasteiger partial charge in [0.2, 0.25) is 0 Å². The van der Waals surface area contributed by atoms with Crippen LogP contribution in [0.3, 0.4) is 0 Å². The Hall–Kier alpha value is -2.07. The molecule has 1 atom stereocenters. The van der Waals surface area contributed by atoms with Gasteiger partial charge in [-0.2, -0.15) is 0 Å². The topological polar surface area (TPSA) is 30.5 Å². The molecule has 0 saturated heterocycles. The van der Waals surface area contributed by atoms with Crippen molar-refractivity contribution >= 4 is 0 Å². The summed E-state index contributed by atoms with van der Waals surface area (Å²) in [7, 11) is 0. The van der Waals surface area contributed by atoms with Gasteiger partial charge in [0.15, 0.2) is 11.5 Å². The molecule has 116 valence electrons. The summed E-state index contributed by atoms with van der Waals surface area (Å²) in [5.74, 6) is 1.42. The van der Waals surface area contributed by atoms with Gasteiger partial charge in [-0.15, -0.1) is 0 Å². The summed E-state index contributed by atoms with van der Waals surface area (Å²) in [5, 5.41) is 3.41. The fourth-order valence-corrected chi connectivity index (χ4v) is 2.46. The van der Waals surface area contributed by atoms with E-state index in [1.807, 2.05) is 24.3 Å². The van der Waals surface area contributed by atoms with Crippen LogP contribution in [0.4, 0.5) is 4.39 Å². The minimum atomic E-state index is -0.161. The van der Waals surface area contributed by atoms with Gasteiger partial charge in [-0.05, 0) is 48.7 Å². The molecular formula is C18H20FNO2. The van der Waals surface area contributed by atoms with Crippen LogP contribution in [-0.2, 0) is 6.54 Å². The smallest absolute Gasteiger partial charge is 0.161 e. The second-order valence-electron chi connectivity index (χ2n) is 5.59. The van der Waals surface area contributed by atoms with E-state index in [0.29, 0.717) is 25.3 Å². The van der Waals surface area contributed by atoms with E-state index in [-0.39, 0.29) is 11.9 Å². The van der Waals surface area contributed by atoms with Crippen molar-refractivity contribution in [2.45, 2.75) is 26.4 Å². The summed E-state index contributed by atoms with van der Waals surface area (Å²) in [4.78, 5) is 0. The highest BCUT2D eigenvalue weighted by molar-refractivity contribution is 5.44. The minimum absolute atomic E-state index is 0.139. The van der Waals surface area contributed by atoms with Gasteiger partial charge < -0.3 is 14.8 Å². The first-order valence-corrected chi connectivity index (χ1v) is 7.51. The Morgan fingerprint density at radius 2 is 1.86 bits per heavy atom. The van der Waals surface area contributed by atoms with Crippen molar-refractivity contribution in [2.24, 2.45) is 0 Å². The van der Waals surface area contributed by atoms with Crippen molar-refractivity contribution in [1.29, 1.82) is 0 Å². The third-order valence-corrected chi connectivity index (χ3v) is 3.91. The summed E-state index contributed by atoms with van der Waals surface area (Å²) in [6.07, 6.45) is 0. The molecule has 2 aromatic rings. The van der Waals surface area contributed by atoms with Crippen molar-refractivity contribution in [1.82, 2.24) is 5.32 Å². The number of aryl methyl sites for hydroxylation is 1. The number of ether oxygens (including phenoxy) is 2. The molecule has 0 aliphatic carbocycles. The van der Waals surface area contributed by atoms with Crippen LogP contribution in [0.1, 0.15) is 29.7 Å². The number of rotatable bonds is 4. The van der Waals surface area contributed by atoms with Crippen LogP contribution in [0.5, 0.6) is 11.5 Å². The maximum Gasteiger partial charge on any atom is 0.161 e. The molecule has 0 fully saturated rings. The van der Waals surface area contributed by atoms with E-state index < -0.39 is 0 Å². The maximum atomic E-state index is 13.6. The highest BCUT2D eigenvalue weighted by Gasteiger charge is 2.14. The molecule has 22 heavy (non-hydrogen) atoms. The summed E-state index contributed by atoms with van der Waals surface area (Å²) in [5.41, 5.74) is 2.73. The molecule has 0 amide bonds. The predicted octanol–water partition coefficient (Wildman–Crippen LogP) is 3.76. The van der Waals surface area contributed by atoms with Crippen molar-refractivity contribution in [3.05, 3.63) is 58.9 Å². The van der Waals surface area contributed by atoms with Crippen molar-refractivity contribution in [3.63, 3.8) is 0 Å². The third kappa shape index (κ3) is 3.22. The first-order chi connectivity index (χ1) is 10.6. The molecular weight excluding hydrogens is 281 g/mol. The number of nitrogens with one attached hydrogen (secondary N) is 1. The van der Waals surface area contributed by atoms with E-state index >= 15 is 0 Å². The lowest BCUT2D eigenvalue weighted by Crippen LogP contribution is -2.19. The Morgan fingerprint density at radius 1 is 1.09 bits per heavy atom. The van der Waals surface area contributed by atoms with Gasteiger partial charge in [0.05, 0.1) is 0 Å². The fraction of sp³-hybridized carbons (Fsp3) is 0.333. The maximum absolute atomic E-state index is 13.6. The minimum Gasteiger partial charge on any atom is -0.486 e. The zero-order valence-electron chi connectivity index (χ0n) is 12.9. The monoisotopic (exact) mass is 301 g/mol. The molecule has 1 heterocycles. The molecule has 3 nitrogen and oxygen atoms in total. The molecule has 1 unspecified atom stereocenters. The van der Waals surface area contributed by atoms with Crippen LogP contribution >= 0.6 is 0 Å². The number of hydrogen-bond acceptors (Lipinski definition) is 3. The van der Waals surface area contributed by atoms with Gasteiger partial charge in [-0.1, -0.05) is 18.2 Å². The van der Waals surface area contributed by atoms with E-state index in [1.54, 1.807) is 19.1 Å². The Balaban J connectivity index is 1.66. The van der Waals surface area contributed by atoms with Gasteiger partial charge in [0, 0.05) is 12.6 Å². The van der Waals surface area contributed by atoms with E-state index in [1.165, 1.54) is 0 Å². The lowest BCUT2D eigenvalue weighted by molar-refractivity contribution is 0.171. The molecule has 0 saturated carbocycles. The standard InChI is InChI=1S/C18H20FNO2/c1-12-3-4-14(9-16(12)19)11-20-13(2)15-5-6-17-18(10-15)22-8-7-21-17/h3-6,9-10,13,20H,7-8,11H2,1-2H3. The van der Waals surface area contributed by atoms with Crippen molar-refractivity contribution in [3.8, 4) is 11.5 Å². The predicted molar refractivity (Wildman–Crippen MR) is 83.8 cm³/mol. The summed E-state index contributed by atoms with van der Waals surface area (Å²) < 4.78 is 24.7. The largest absolute Gasteiger partial charge is 0.486 e. The first kappa shape index (κ1) is 14.9. The van der Waals surface area contributed by atoms with Crippen LogP contribution in [-0.4, -0.2) is 13.2 Å². The van der Waals surface area contributed by atoms with Crippen molar-refractivity contribution < 1.29 is 13.9 Å². The first-order valence-electron chi connectivity index (χ1n) is 7.51. The van der Waals surface area contributed by atoms with Gasteiger partial charge >= 0.3 is 0 Å². The number of halogens is 1. The highest BCUT2D eigenvalue weighted by atomic mass is 19.1. The Bertz CT molecular complexity index is 672. The lowest BCUT2D eigenvalue weighted by Gasteiger charge is -2.21. The van der Waals surface area contributed by atoms with Crippen LogP contribution in [0.25, 0.3) is 0 Å². The van der Waals surface area contributed by atoms with E-state index in [4.69, 9.17) is 9.47 Å². The highest BCUT2D eigenvalue weighted by Crippen LogP contribution is 2.32. The van der Waals surface area contributed by atoms with Gasteiger partial charge in [-0.3, -0.25) is 0 Å². The average Bonchev–Trinajstić information content (AvgIpc) is 2.55. The van der Waals surface area contributed by atoms with Crippen LogP contribution < -0.4 is 14.8 Å². The summed E-state index contributed by atoms with van der Waals surface area (Å²) in [6, 6.07) is 11.4.